The van der Waals surface area contributed by atoms with Crippen LogP contribution in [-0.2, 0) is 4.79 Å². The third-order valence-corrected chi connectivity index (χ3v) is 13.3. The van der Waals surface area contributed by atoms with Gasteiger partial charge in [0.05, 0.1) is 0 Å². The van der Waals surface area contributed by atoms with Crippen molar-refractivity contribution >= 4 is 14.1 Å². The molecule has 0 heterocycles. The van der Waals surface area contributed by atoms with Crippen molar-refractivity contribution in [3.05, 3.63) is 41.0 Å². The summed E-state index contributed by atoms with van der Waals surface area (Å²) in [6.45, 7) is 14.3. The second-order valence-corrected chi connectivity index (χ2v) is 17.9. The van der Waals surface area contributed by atoms with Crippen molar-refractivity contribution in [2.45, 2.75) is 117 Å². The zero-order valence-corrected chi connectivity index (χ0v) is 24.2. The van der Waals surface area contributed by atoms with Crippen LogP contribution in [0.15, 0.2) is 29.8 Å². The van der Waals surface area contributed by atoms with Gasteiger partial charge in [0.15, 0.2) is 0 Å². The highest BCUT2D eigenvalue weighted by Gasteiger charge is 2.59. The number of carbonyl (C=O) groups excluding carboxylic acids is 1. The Morgan fingerprint density at radius 3 is 2.69 bits per heavy atom. The number of hydrogen-bond donors (Lipinski definition) is 0. The summed E-state index contributed by atoms with van der Waals surface area (Å²) in [6, 6.07) is 8.04. The maximum absolute atomic E-state index is 13.2. The highest BCUT2D eigenvalue weighted by atomic mass is 28.4. The lowest BCUT2D eigenvalue weighted by Crippen LogP contribution is -2.51. The van der Waals surface area contributed by atoms with E-state index in [0.717, 1.165) is 17.6 Å². The van der Waals surface area contributed by atoms with E-state index in [4.69, 9.17) is 4.43 Å². The lowest BCUT2D eigenvalue weighted by Gasteiger charge is -2.59. The summed E-state index contributed by atoms with van der Waals surface area (Å²) in [4.78, 5) is 13.2. The van der Waals surface area contributed by atoms with Gasteiger partial charge in [0.25, 0.3) is 0 Å². The van der Waals surface area contributed by atoms with Crippen molar-refractivity contribution in [1.82, 2.24) is 0 Å². The van der Waals surface area contributed by atoms with Crippen LogP contribution in [0.2, 0.25) is 19.1 Å². The summed E-state index contributed by atoms with van der Waals surface area (Å²) in [5.41, 5.74) is 4.65. The molecule has 192 valence electrons. The van der Waals surface area contributed by atoms with Gasteiger partial charge >= 0.3 is 0 Å². The topological polar surface area (TPSA) is 26.3 Å². The highest BCUT2D eigenvalue weighted by molar-refractivity contribution is 6.71. The third kappa shape index (κ3) is 4.38. The van der Waals surface area contributed by atoms with Gasteiger partial charge in [-0.25, -0.2) is 0 Å². The number of allylic oxidation sites excluding steroid dienone is 2. The van der Waals surface area contributed by atoms with Crippen molar-refractivity contribution in [3.63, 3.8) is 0 Å². The first-order valence-corrected chi connectivity index (χ1v) is 17.7. The molecule has 0 aliphatic heterocycles. The zero-order valence-electron chi connectivity index (χ0n) is 23.2. The van der Waals surface area contributed by atoms with Crippen molar-refractivity contribution < 1.29 is 9.22 Å². The number of carbonyl (C=O) groups is 1. The van der Waals surface area contributed by atoms with Crippen LogP contribution in [-0.4, -0.2) is 14.1 Å². The van der Waals surface area contributed by atoms with E-state index in [2.05, 4.69) is 65.1 Å². The van der Waals surface area contributed by atoms with E-state index in [1.807, 2.05) is 0 Å². The molecule has 3 fully saturated rings. The lowest BCUT2D eigenvalue weighted by molar-refractivity contribution is -0.123. The van der Waals surface area contributed by atoms with E-state index < -0.39 is 8.32 Å². The number of unbranched alkanes of at least 4 members (excludes halogenated alkanes) is 1. The van der Waals surface area contributed by atoms with E-state index in [1.165, 1.54) is 74.1 Å². The van der Waals surface area contributed by atoms with E-state index in [1.54, 1.807) is 0 Å². The van der Waals surface area contributed by atoms with Gasteiger partial charge < -0.3 is 4.43 Å². The number of fused-ring (bicyclic) bond motifs is 5. The fourth-order valence-corrected chi connectivity index (χ4v) is 11.0. The van der Waals surface area contributed by atoms with Gasteiger partial charge in [-0.15, -0.1) is 0 Å². The SMILES string of the molecule is CCCC[Si](C)(C)Oc1cc(C)ccc1C1CC(=O)CC2=CC[C@H]3[C@@H]4CCC[C@@]4(C)CC[C@@H]3[C@]21C. The molecule has 3 heteroatoms. The number of hydrogen-bond acceptors (Lipinski definition) is 2. The molecule has 4 aliphatic carbocycles. The smallest absolute Gasteiger partial charge is 0.245 e. The van der Waals surface area contributed by atoms with E-state index >= 15 is 0 Å². The minimum absolute atomic E-state index is 0.0727. The molecule has 3 saturated carbocycles. The molecule has 0 N–H and O–H groups in total. The van der Waals surface area contributed by atoms with Crippen LogP contribution in [0, 0.1) is 35.5 Å². The summed E-state index contributed by atoms with van der Waals surface area (Å²) >= 11 is 0. The number of aryl methyl sites for hydroxylation is 1. The summed E-state index contributed by atoms with van der Waals surface area (Å²) in [5, 5.41) is 0. The fraction of sp³-hybridized carbons (Fsp3) is 0.719. The Morgan fingerprint density at radius 1 is 1.11 bits per heavy atom. The monoisotopic (exact) mass is 492 g/mol. The van der Waals surface area contributed by atoms with Crippen molar-refractivity contribution in [1.29, 1.82) is 0 Å². The molecule has 0 bridgehead atoms. The molecule has 5 rings (SSSR count). The molecule has 0 spiro atoms. The number of Topliss-reactive ketones (excluding diaryl/α,β-unsaturated/α-hetero) is 1. The molecule has 35 heavy (non-hydrogen) atoms. The summed E-state index contributed by atoms with van der Waals surface area (Å²) < 4.78 is 6.96. The molecule has 6 atom stereocenters. The van der Waals surface area contributed by atoms with Crippen LogP contribution in [0.3, 0.4) is 0 Å². The van der Waals surface area contributed by atoms with Gasteiger partial charge in [-0.05, 0) is 104 Å². The zero-order chi connectivity index (χ0) is 25.0. The molecular weight excluding hydrogens is 444 g/mol. The quantitative estimate of drug-likeness (QED) is 0.292. The molecular formula is C32H48O2Si. The Bertz CT molecular complexity index is 1010. The van der Waals surface area contributed by atoms with Crippen molar-refractivity contribution in [3.8, 4) is 5.75 Å². The van der Waals surface area contributed by atoms with Crippen LogP contribution >= 0.6 is 0 Å². The van der Waals surface area contributed by atoms with Crippen molar-refractivity contribution in [2.75, 3.05) is 0 Å². The highest BCUT2D eigenvalue weighted by Crippen LogP contribution is 2.67. The molecule has 0 saturated heterocycles. The van der Waals surface area contributed by atoms with Gasteiger partial charge in [-0.2, -0.15) is 0 Å². The largest absolute Gasteiger partial charge is 0.544 e. The number of benzene rings is 1. The molecule has 4 aliphatic rings. The van der Waals surface area contributed by atoms with Crippen LogP contribution < -0.4 is 4.43 Å². The maximum Gasteiger partial charge on any atom is 0.245 e. The molecule has 0 amide bonds. The predicted octanol–water partition coefficient (Wildman–Crippen LogP) is 8.99. The molecule has 0 aromatic heterocycles. The van der Waals surface area contributed by atoms with Gasteiger partial charge in [0.1, 0.15) is 11.5 Å². The van der Waals surface area contributed by atoms with Crippen LogP contribution in [0.5, 0.6) is 5.75 Å². The Labute approximate surface area is 215 Å². The lowest BCUT2D eigenvalue weighted by atomic mass is 9.45. The Morgan fingerprint density at radius 2 is 1.91 bits per heavy atom. The second kappa shape index (κ2) is 9.19. The van der Waals surface area contributed by atoms with Gasteiger partial charge in [-0.1, -0.05) is 63.8 Å². The molecule has 0 radical (unpaired) electrons. The van der Waals surface area contributed by atoms with Crippen LogP contribution in [0.1, 0.15) is 102 Å². The molecule has 1 unspecified atom stereocenters. The van der Waals surface area contributed by atoms with Crippen LogP contribution in [0.4, 0.5) is 0 Å². The van der Waals surface area contributed by atoms with Gasteiger partial charge in [0.2, 0.25) is 8.32 Å². The first kappa shape index (κ1) is 25.3. The summed E-state index contributed by atoms with van der Waals surface area (Å²) in [7, 11) is -1.83. The molecule has 2 nitrogen and oxygen atoms in total. The molecule has 1 aromatic carbocycles. The third-order valence-electron chi connectivity index (χ3n) is 10.9. The first-order valence-electron chi connectivity index (χ1n) is 14.6. The van der Waals surface area contributed by atoms with E-state index in [9.17, 15) is 4.79 Å². The number of ketones is 1. The Hall–Kier alpha value is -1.35. The Kier molecular flexibility index (Phi) is 6.64. The van der Waals surface area contributed by atoms with Gasteiger partial charge in [0, 0.05) is 18.8 Å². The predicted molar refractivity (Wildman–Crippen MR) is 148 cm³/mol. The minimum Gasteiger partial charge on any atom is -0.544 e. The van der Waals surface area contributed by atoms with Gasteiger partial charge in [-0.3, -0.25) is 4.79 Å². The summed E-state index contributed by atoms with van der Waals surface area (Å²) in [5.74, 6) is 4.08. The summed E-state index contributed by atoms with van der Waals surface area (Å²) in [6.07, 6.45) is 14.5. The van der Waals surface area contributed by atoms with Crippen LogP contribution in [0.25, 0.3) is 0 Å². The number of rotatable bonds is 6. The normalized spacial score (nSPS) is 36.7. The Balaban J connectivity index is 1.56. The molecule has 1 aromatic rings. The van der Waals surface area contributed by atoms with E-state index in [-0.39, 0.29) is 11.3 Å². The second-order valence-electron chi connectivity index (χ2n) is 13.7. The maximum atomic E-state index is 13.2. The standard InChI is InChI=1S/C32H48O2Si/c1-7-8-18-35(5,6)34-30-19-22(2)11-13-26(30)29-21-24(33)20-23-12-14-25-27-10-9-16-31(27,3)17-15-28(25)32(23,29)4/h11-13,19,25,27-29H,7-10,14-18,20-21H2,1-6H3/t25-,27-,28-,29?,31-,32-/m0/s1. The average Bonchev–Trinajstić information content (AvgIpc) is 3.20. The minimum atomic E-state index is -1.83. The average molecular weight is 493 g/mol. The fourth-order valence-electron chi connectivity index (χ4n) is 8.96. The van der Waals surface area contributed by atoms with E-state index in [0.29, 0.717) is 30.0 Å². The first-order chi connectivity index (χ1) is 16.6. The van der Waals surface area contributed by atoms with Crippen molar-refractivity contribution in [2.24, 2.45) is 28.6 Å².